The van der Waals surface area contributed by atoms with Gasteiger partial charge in [0, 0.05) is 25.5 Å². The molecule has 1 aromatic carbocycles. The topological polar surface area (TPSA) is 59.1 Å². The summed E-state index contributed by atoms with van der Waals surface area (Å²) in [6.45, 7) is 3.31. The van der Waals surface area contributed by atoms with Gasteiger partial charge < -0.3 is 19.3 Å². The first-order valence-corrected chi connectivity index (χ1v) is 9.15. The molecule has 0 fully saturated rings. The van der Waals surface area contributed by atoms with Gasteiger partial charge >= 0.3 is 11.9 Å². The zero-order valence-electron chi connectivity index (χ0n) is 15.8. The average Bonchev–Trinajstić information content (AvgIpc) is 3.08. The van der Waals surface area contributed by atoms with Crippen LogP contribution in [0.1, 0.15) is 25.3 Å². The number of methoxy groups -OCH3 is 2. The summed E-state index contributed by atoms with van der Waals surface area (Å²) in [6.07, 6.45) is 5.68. The van der Waals surface area contributed by atoms with Crippen molar-refractivity contribution < 1.29 is 19.1 Å². The van der Waals surface area contributed by atoms with Crippen molar-refractivity contribution >= 4 is 29.0 Å². The van der Waals surface area contributed by atoms with Gasteiger partial charge in [0.05, 0.1) is 14.2 Å². The molecule has 0 saturated heterocycles. The van der Waals surface area contributed by atoms with E-state index in [1.807, 2.05) is 52.5 Å². The third-order valence-electron chi connectivity index (χ3n) is 4.13. The van der Waals surface area contributed by atoms with Gasteiger partial charge in [0.1, 0.15) is 16.3 Å². The lowest BCUT2D eigenvalue weighted by Gasteiger charge is -2.27. The second-order valence-corrected chi connectivity index (χ2v) is 6.38. The minimum atomic E-state index is -0.736. The molecule has 0 radical (unpaired) electrons. The van der Waals surface area contributed by atoms with Gasteiger partial charge in [-0.25, -0.2) is 9.59 Å². The predicted octanol–water partition coefficient (Wildman–Crippen LogP) is 3.00. The molecule has 0 N–H and O–H groups in total. The van der Waals surface area contributed by atoms with Crippen molar-refractivity contribution in [1.82, 2.24) is 9.80 Å². The highest BCUT2D eigenvalue weighted by Crippen LogP contribution is 2.27. The van der Waals surface area contributed by atoms with Gasteiger partial charge in [-0.1, -0.05) is 55.9 Å². The lowest BCUT2D eigenvalue weighted by atomic mass is 10.1. The Morgan fingerprint density at radius 2 is 1.63 bits per heavy atom. The molecular weight excluding hydrogens is 364 g/mol. The van der Waals surface area contributed by atoms with E-state index in [1.165, 1.54) is 14.2 Å². The van der Waals surface area contributed by atoms with E-state index in [-0.39, 0.29) is 10.4 Å². The van der Waals surface area contributed by atoms with Crippen LogP contribution < -0.4 is 0 Å². The minimum absolute atomic E-state index is 0.0383. The molecule has 6 nitrogen and oxygen atoms in total. The van der Waals surface area contributed by atoms with Crippen molar-refractivity contribution in [3.63, 3.8) is 0 Å². The van der Waals surface area contributed by atoms with Gasteiger partial charge in [-0.2, -0.15) is 0 Å². The number of ether oxygens (including phenoxy) is 2. The number of thiocarbonyl (C=S) groups is 1. The SMILES string of the molecule is CCCCN1C=CN(Cc2ccccc2)/C1=C(\C(=O)OC)C(=S)C(=O)OC. The van der Waals surface area contributed by atoms with E-state index in [1.54, 1.807) is 0 Å². The van der Waals surface area contributed by atoms with E-state index in [4.69, 9.17) is 21.7 Å². The number of carbonyl (C=O) groups excluding carboxylic acids is 2. The fourth-order valence-corrected chi connectivity index (χ4v) is 3.01. The number of carbonyl (C=O) groups is 2. The van der Waals surface area contributed by atoms with Crippen LogP contribution in [-0.2, 0) is 25.6 Å². The molecule has 1 aliphatic heterocycles. The Balaban J connectivity index is 2.50. The number of hydrogen-bond donors (Lipinski definition) is 0. The van der Waals surface area contributed by atoms with Crippen LogP contribution >= 0.6 is 12.2 Å². The number of benzene rings is 1. The molecule has 0 aliphatic carbocycles. The second-order valence-electron chi connectivity index (χ2n) is 5.97. The van der Waals surface area contributed by atoms with Crippen LogP contribution in [0.15, 0.2) is 54.1 Å². The monoisotopic (exact) mass is 388 g/mol. The third kappa shape index (κ3) is 4.95. The van der Waals surface area contributed by atoms with E-state index in [9.17, 15) is 9.59 Å². The largest absolute Gasteiger partial charge is 0.465 e. The lowest BCUT2D eigenvalue weighted by molar-refractivity contribution is -0.137. The molecule has 1 aliphatic rings. The summed E-state index contributed by atoms with van der Waals surface area (Å²) in [4.78, 5) is 28.2. The lowest BCUT2D eigenvalue weighted by Crippen LogP contribution is -2.32. The molecule has 1 heterocycles. The summed E-state index contributed by atoms with van der Waals surface area (Å²) >= 11 is 5.25. The Morgan fingerprint density at radius 3 is 2.22 bits per heavy atom. The van der Waals surface area contributed by atoms with Crippen molar-refractivity contribution in [1.29, 1.82) is 0 Å². The summed E-state index contributed by atoms with van der Waals surface area (Å²) in [5.74, 6) is -0.863. The van der Waals surface area contributed by atoms with Crippen LogP contribution in [0.25, 0.3) is 0 Å². The van der Waals surface area contributed by atoms with E-state index in [2.05, 4.69) is 6.92 Å². The van der Waals surface area contributed by atoms with Crippen molar-refractivity contribution in [2.75, 3.05) is 20.8 Å². The van der Waals surface area contributed by atoms with E-state index in [0.29, 0.717) is 18.9 Å². The van der Waals surface area contributed by atoms with Crippen molar-refractivity contribution in [2.24, 2.45) is 0 Å². The Morgan fingerprint density at radius 1 is 1.00 bits per heavy atom. The Bertz CT molecular complexity index is 759. The second kappa shape index (κ2) is 9.87. The molecule has 1 aromatic rings. The molecule has 7 heteroatoms. The summed E-state index contributed by atoms with van der Waals surface area (Å²) in [5, 5.41) is 0. The van der Waals surface area contributed by atoms with E-state index in [0.717, 1.165) is 18.4 Å². The summed E-state index contributed by atoms with van der Waals surface area (Å²) in [6, 6.07) is 9.84. The fourth-order valence-electron chi connectivity index (χ4n) is 2.75. The first kappa shape index (κ1) is 20.6. The van der Waals surface area contributed by atoms with Crippen LogP contribution in [0.5, 0.6) is 0 Å². The summed E-state index contributed by atoms with van der Waals surface area (Å²) in [5.41, 5.74) is 1.10. The van der Waals surface area contributed by atoms with Gasteiger partial charge in [0.2, 0.25) is 0 Å². The minimum Gasteiger partial charge on any atom is -0.465 e. The number of esters is 2. The molecule has 0 aromatic heterocycles. The van der Waals surface area contributed by atoms with Crippen LogP contribution in [0.3, 0.4) is 0 Å². The van der Waals surface area contributed by atoms with Gasteiger partial charge in [-0.05, 0) is 12.0 Å². The van der Waals surface area contributed by atoms with Crippen LogP contribution in [0.4, 0.5) is 0 Å². The van der Waals surface area contributed by atoms with Gasteiger partial charge in [0.25, 0.3) is 0 Å². The standard InChI is InChI=1S/C20H24N2O4S/c1-4-5-11-21-12-13-22(14-15-9-7-6-8-10-15)18(21)16(19(23)25-2)17(27)20(24)26-3/h6-10,12-13H,4-5,11,14H2,1-3H3/b18-16-. The Kier molecular flexibility index (Phi) is 7.55. The maximum Gasteiger partial charge on any atom is 0.349 e. The Labute approximate surface area is 165 Å². The zero-order valence-corrected chi connectivity index (χ0v) is 16.6. The molecule has 144 valence electrons. The van der Waals surface area contributed by atoms with Crippen molar-refractivity contribution in [3.05, 3.63) is 59.7 Å². The van der Waals surface area contributed by atoms with Crippen LogP contribution in [0.2, 0.25) is 0 Å². The fraction of sp³-hybridized carbons (Fsp3) is 0.350. The maximum absolute atomic E-state index is 12.5. The first-order chi connectivity index (χ1) is 13.0. The molecule has 0 amide bonds. The molecule has 0 unspecified atom stereocenters. The predicted molar refractivity (Wildman–Crippen MR) is 106 cm³/mol. The normalized spacial score (nSPS) is 14.9. The number of rotatable bonds is 8. The van der Waals surface area contributed by atoms with Gasteiger partial charge in [-0.3, -0.25) is 0 Å². The van der Waals surface area contributed by atoms with Gasteiger partial charge in [0.15, 0.2) is 0 Å². The average molecular weight is 388 g/mol. The van der Waals surface area contributed by atoms with Crippen LogP contribution in [-0.4, -0.2) is 47.4 Å². The number of hydrogen-bond acceptors (Lipinski definition) is 7. The van der Waals surface area contributed by atoms with Crippen molar-refractivity contribution in [2.45, 2.75) is 26.3 Å². The highest BCUT2D eigenvalue weighted by atomic mass is 32.1. The number of nitrogens with zero attached hydrogens (tertiary/aromatic N) is 2. The zero-order chi connectivity index (χ0) is 19.8. The molecule has 0 atom stereocenters. The van der Waals surface area contributed by atoms with Crippen LogP contribution in [0, 0.1) is 0 Å². The van der Waals surface area contributed by atoms with E-state index >= 15 is 0 Å². The summed E-state index contributed by atoms with van der Waals surface area (Å²) < 4.78 is 9.66. The Hall–Kier alpha value is -2.67. The van der Waals surface area contributed by atoms with Gasteiger partial charge in [-0.15, -0.1) is 0 Å². The molecule has 0 bridgehead atoms. The highest BCUT2D eigenvalue weighted by Gasteiger charge is 2.33. The quantitative estimate of drug-likeness (QED) is 0.385. The molecule has 0 spiro atoms. The number of unbranched alkanes of at least 4 members (excludes halogenated alkanes) is 1. The highest BCUT2D eigenvalue weighted by molar-refractivity contribution is 7.82. The third-order valence-corrected chi connectivity index (χ3v) is 4.50. The molecular formula is C20H24N2O4S. The molecule has 2 rings (SSSR count). The molecule has 0 saturated carbocycles. The molecule has 27 heavy (non-hydrogen) atoms. The van der Waals surface area contributed by atoms with Crippen molar-refractivity contribution in [3.8, 4) is 0 Å². The van der Waals surface area contributed by atoms with E-state index < -0.39 is 11.9 Å². The smallest absolute Gasteiger partial charge is 0.349 e. The maximum atomic E-state index is 12.5. The summed E-state index contributed by atoms with van der Waals surface area (Å²) in [7, 11) is 2.50. The first-order valence-electron chi connectivity index (χ1n) is 8.74.